The van der Waals surface area contributed by atoms with Crippen LogP contribution in [-0.2, 0) is 0 Å². The summed E-state index contributed by atoms with van der Waals surface area (Å²) < 4.78 is 13.3. The van der Waals surface area contributed by atoms with Gasteiger partial charge in [0, 0.05) is 17.6 Å². The minimum absolute atomic E-state index is 0.112. The fourth-order valence-corrected chi connectivity index (χ4v) is 1.46. The van der Waals surface area contributed by atoms with E-state index in [-0.39, 0.29) is 19.0 Å². The zero-order valence-electron chi connectivity index (χ0n) is 9.00. The molecule has 16 heavy (non-hydrogen) atoms. The minimum atomic E-state index is -0.582. The number of halogens is 2. The second-order valence-corrected chi connectivity index (χ2v) is 4.96. The van der Waals surface area contributed by atoms with Crippen molar-refractivity contribution in [1.82, 2.24) is 0 Å². The first-order valence-corrected chi connectivity index (χ1v) is 5.71. The van der Waals surface area contributed by atoms with E-state index in [9.17, 15) is 4.39 Å². The lowest BCUT2D eigenvalue weighted by Gasteiger charge is -2.25. The van der Waals surface area contributed by atoms with Crippen molar-refractivity contribution in [2.45, 2.75) is 6.92 Å². The van der Waals surface area contributed by atoms with Gasteiger partial charge in [0.25, 0.3) is 0 Å². The summed E-state index contributed by atoms with van der Waals surface area (Å²) >= 11 is 3.09. The van der Waals surface area contributed by atoms with Crippen LogP contribution in [0.1, 0.15) is 6.92 Å². The smallest absolute Gasteiger partial charge is 0.137 e. The van der Waals surface area contributed by atoms with Gasteiger partial charge in [0.2, 0.25) is 0 Å². The molecule has 0 aliphatic rings. The van der Waals surface area contributed by atoms with Crippen LogP contribution in [0.15, 0.2) is 22.7 Å². The fraction of sp³-hybridized carbons (Fsp3) is 0.455. The summed E-state index contributed by atoms with van der Waals surface area (Å²) in [5.41, 5.74) is 0.155. The van der Waals surface area contributed by atoms with Crippen molar-refractivity contribution in [3.8, 4) is 0 Å². The number of hydrogen-bond donors (Lipinski definition) is 3. The molecule has 1 aromatic carbocycles. The summed E-state index contributed by atoms with van der Waals surface area (Å²) in [6.07, 6.45) is 0. The van der Waals surface area contributed by atoms with Crippen LogP contribution >= 0.6 is 15.9 Å². The van der Waals surface area contributed by atoms with Gasteiger partial charge in [-0.1, -0.05) is 6.92 Å². The topological polar surface area (TPSA) is 52.5 Å². The number of anilines is 1. The Morgan fingerprint density at radius 3 is 2.50 bits per heavy atom. The Hall–Kier alpha value is -0.650. The normalized spacial score (nSPS) is 11.6. The first-order valence-electron chi connectivity index (χ1n) is 4.91. The van der Waals surface area contributed by atoms with Crippen molar-refractivity contribution in [3.63, 3.8) is 0 Å². The Morgan fingerprint density at radius 1 is 1.38 bits per heavy atom. The van der Waals surface area contributed by atoms with Crippen molar-refractivity contribution in [1.29, 1.82) is 0 Å². The summed E-state index contributed by atoms with van der Waals surface area (Å²) in [6.45, 7) is 1.95. The van der Waals surface area contributed by atoms with Crippen molar-refractivity contribution in [2.24, 2.45) is 5.41 Å². The molecule has 0 saturated carbocycles. The van der Waals surface area contributed by atoms with Gasteiger partial charge in [-0.15, -0.1) is 0 Å². The summed E-state index contributed by atoms with van der Waals surface area (Å²) in [6, 6.07) is 4.57. The van der Waals surface area contributed by atoms with Crippen LogP contribution in [0.4, 0.5) is 10.1 Å². The lowest BCUT2D eigenvalue weighted by Crippen LogP contribution is -2.34. The maximum absolute atomic E-state index is 13.0. The SMILES string of the molecule is CC(CO)(CO)CNc1ccc(F)c(Br)c1. The third-order valence-corrected chi connectivity index (χ3v) is 3.01. The predicted octanol–water partition coefficient (Wildman–Crippen LogP) is 1.99. The molecule has 0 atom stereocenters. The van der Waals surface area contributed by atoms with Crippen LogP contribution in [0.3, 0.4) is 0 Å². The molecule has 3 nitrogen and oxygen atoms in total. The van der Waals surface area contributed by atoms with Gasteiger partial charge in [0.05, 0.1) is 17.7 Å². The molecule has 0 aliphatic heterocycles. The quantitative estimate of drug-likeness (QED) is 0.778. The second-order valence-electron chi connectivity index (χ2n) is 4.11. The molecule has 0 radical (unpaired) electrons. The Labute approximate surface area is 102 Å². The molecule has 0 amide bonds. The highest BCUT2D eigenvalue weighted by molar-refractivity contribution is 9.10. The highest BCUT2D eigenvalue weighted by atomic mass is 79.9. The largest absolute Gasteiger partial charge is 0.396 e. The molecule has 5 heteroatoms. The van der Waals surface area contributed by atoms with Gasteiger partial charge >= 0.3 is 0 Å². The molecular formula is C11H15BrFNO2. The van der Waals surface area contributed by atoms with E-state index in [0.29, 0.717) is 11.0 Å². The molecule has 0 bridgehead atoms. The van der Waals surface area contributed by atoms with E-state index in [4.69, 9.17) is 10.2 Å². The van der Waals surface area contributed by atoms with E-state index in [1.807, 2.05) is 0 Å². The predicted molar refractivity (Wildman–Crippen MR) is 64.9 cm³/mol. The van der Waals surface area contributed by atoms with Gasteiger partial charge in [-0.3, -0.25) is 0 Å². The van der Waals surface area contributed by atoms with Crippen LogP contribution in [0.2, 0.25) is 0 Å². The molecule has 0 spiro atoms. The van der Waals surface area contributed by atoms with Crippen LogP contribution in [0.25, 0.3) is 0 Å². The third-order valence-electron chi connectivity index (χ3n) is 2.40. The zero-order valence-corrected chi connectivity index (χ0v) is 10.6. The van der Waals surface area contributed by atoms with E-state index in [1.165, 1.54) is 6.07 Å². The van der Waals surface area contributed by atoms with Gasteiger partial charge in [-0.2, -0.15) is 0 Å². The van der Waals surface area contributed by atoms with Crippen LogP contribution in [0, 0.1) is 11.2 Å². The van der Waals surface area contributed by atoms with Gasteiger partial charge in [0.1, 0.15) is 5.82 Å². The molecule has 0 heterocycles. The maximum atomic E-state index is 13.0. The summed E-state index contributed by atoms with van der Waals surface area (Å²) in [4.78, 5) is 0. The van der Waals surface area contributed by atoms with Gasteiger partial charge in [0.15, 0.2) is 0 Å². The molecule has 0 fully saturated rings. The first kappa shape index (κ1) is 13.4. The lowest BCUT2D eigenvalue weighted by atomic mass is 9.93. The highest BCUT2D eigenvalue weighted by Gasteiger charge is 2.21. The third kappa shape index (κ3) is 3.43. The van der Waals surface area contributed by atoms with Crippen molar-refractivity contribution < 1.29 is 14.6 Å². The number of nitrogens with one attached hydrogen (secondary N) is 1. The Morgan fingerprint density at radius 2 is 2.00 bits per heavy atom. The molecule has 0 saturated heterocycles. The molecule has 0 aliphatic carbocycles. The summed E-state index contributed by atoms with van der Waals surface area (Å²) in [5, 5.41) is 21.2. The van der Waals surface area contributed by atoms with Crippen LogP contribution in [-0.4, -0.2) is 30.0 Å². The Kier molecular flexibility index (Phi) is 4.70. The molecule has 3 N–H and O–H groups in total. The number of aliphatic hydroxyl groups is 2. The number of aliphatic hydroxyl groups excluding tert-OH is 2. The second kappa shape index (κ2) is 5.61. The zero-order chi connectivity index (χ0) is 12.2. The van der Waals surface area contributed by atoms with Gasteiger partial charge < -0.3 is 15.5 Å². The first-order chi connectivity index (χ1) is 7.50. The van der Waals surface area contributed by atoms with Crippen molar-refractivity contribution in [3.05, 3.63) is 28.5 Å². The lowest BCUT2D eigenvalue weighted by molar-refractivity contribution is 0.0806. The number of benzene rings is 1. The van der Waals surface area contributed by atoms with E-state index < -0.39 is 5.41 Å². The highest BCUT2D eigenvalue weighted by Crippen LogP contribution is 2.21. The molecule has 0 aromatic heterocycles. The van der Waals surface area contributed by atoms with E-state index in [0.717, 1.165) is 5.69 Å². The minimum Gasteiger partial charge on any atom is -0.396 e. The number of rotatable bonds is 5. The molecule has 90 valence electrons. The van der Waals surface area contributed by atoms with Crippen molar-refractivity contribution in [2.75, 3.05) is 25.1 Å². The van der Waals surface area contributed by atoms with E-state index in [2.05, 4.69) is 21.2 Å². The Bertz CT molecular complexity index is 356. The van der Waals surface area contributed by atoms with Crippen LogP contribution < -0.4 is 5.32 Å². The van der Waals surface area contributed by atoms with Gasteiger partial charge in [-0.25, -0.2) is 4.39 Å². The maximum Gasteiger partial charge on any atom is 0.137 e. The summed E-state index contributed by atoms with van der Waals surface area (Å²) in [5.74, 6) is -0.322. The van der Waals surface area contributed by atoms with Crippen molar-refractivity contribution >= 4 is 21.6 Å². The fourth-order valence-electron chi connectivity index (χ4n) is 1.08. The average Bonchev–Trinajstić information content (AvgIpc) is 2.30. The number of hydrogen-bond acceptors (Lipinski definition) is 3. The Balaban J connectivity index is 2.64. The molecule has 0 unspecified atom stereocenters. The van der Waals surface area contributed by atoms with E-state index >= 15 is 0 Å². The standard InChI is InChI=1S/C11H15BrFNO2/c1-11(6-15,7-16)5-14-8-2-3-10(13)9(12)4-8/h2-4,14-16H,5-7H2,1H3. The molecule has 1 rings (SSSR count). The molecule has 1 aromatic rings. The van der Waals surface area contributed by atoms with Gasteiger partial charge in [-0.05, 0) is 34.1 Å². The van der Waals surface area contributed by atoms with Crippen LogP contribution in [0.5, 0.6) is 0 Å². The molecular weight excluding hydrogens is 277 g/mol. The average molecular weight is 292 g/mol. The van der Waals surface area contributed by atoms with E-state index in [1.54, 1.807) is 19.1 Å². The monoisotopic (exact) mass is 291 g/mol. The summed E-state index contributed by atoms with van der Waals surface area (Å²) in [7, 11) is 0.